The molecule has 0 spiro atoms. The summed E-state index contributed by atoms with van der Waals surface area (Å²) in [7, 11) is 0. The van der Waals surface area contributed by atoms with Crippen molar-refractivity contribution in [3.63, 3.8) is 0 Å². The zero-order valence-electron chi connectivity index (χ0n) is 7.35. The van der Waals surface area contributed by atoms with Gasteiger partial charge in [0, 0.05) is 11.0 Å². The fraction of sp³-hybridized carbons (Fsp3) is 1.00. The van der Waals surface area contributed by atoms with E-state index in [1.807, 2.05) is 0 Å². The van der Waals surface area contributed by atoms with E-state index in [1.165, 1.54) is 30.1 Å². The number of rotatable bonds is 7. The molecule has 1 N–H and O–H groups in total. The predicted octanol–water partition coefficient (Wildman–Crippen LogP) is 3.00. The molecule has 0 aromatic rings. The average Bonchev–Trinajstić information content (AvgIpc) is 2.04. The maximum atomic E-state index is 8.52. The second-order valence-electron chi connectivity index (χ2n) is 3.19. The Hall–Kier alpha value is 0.690. The van der Waals surface area contributed by atoms with E-state index in [0.717, 1.165) is 12.3 Å². The van der Waals surface area contributed by atoms with Crippen LogP contribution in [0.15, 0.2) is 0 Å². The first-order chi connectivity index (χ1) is 5.31. The molecule has 0 fully saturated rings. The standard InChI is InChI=1S/C9H19IO/c1-9(8-10)6-4-2-3-5-7-11/h9,11H,2-8H2,1H3/t9-/m0/s1. The van der Waals surface area contributed by atoms with Crippen molar-refractivity contribution in [1.29, 1.82) is 0 Å². The van der Waals surface area contributed by atoms with Crippen LogP contribution in [-0.2, 0) is 0 Å². The lowest BCUT2D eigenvalue weighted by molar-refractivity contribution is 0.282. The van der Waals surface area contributed by atoms with E-state index in [2.05, 4.69) is 29.5 Å². The van der Waals surface area contributed by atoms with Crippen LogP contribution in [0, 0.1) is 5.92 Å². The van der Waals surface area contributed by atoms with Gasteiger partial charge in [-0.15, -0.1) is 0 Å². The van der Waals surface area contributed by atoms with Gasteiger partial charge in [-0.2, -0.15) is 0 Å². The van der Waals surface area contributed by atoms with Gasteiger partial charge in [0.25, 0.3) is 0 Å². The van der Waals surface area contributed by atoms with Gasteiger partial charge in [-0.25, -0.2) is 0 Å². The quantitative estimate of drug-likeness (QED) is 0.428. The summed E-state index contributed by atoms with van der Waals surface area (Å²) in [4.78, 5) is 0. The van der Waals surface area contributed by atoms with Crippen molar-refractivity contribution in [2.24, 2.45) is 5.92 Å². The number of halogens is 1. The third kappa shape index (κ3) is 8.60. The monoisotopic (exact) mass is 270 g/mol. The van der Waals surface area contributed by atoms with E-state index in [1.54, 1.807) is 0 Å². The van der Waals surface area contributed by atoms with Gasteiger partial charge in [0.1, 0.15) is 0 Å². The van der Waals surface area contributed by atoms with Gasteiger partial charge in [0.15, 0.2) is 0 Å². The maximum absolute atomic E-state index is 8.52. The summed E-state index contributed by atoms with van der Waals surface area (Å²) in [5, 5.41) is 8.52. The molecule has 0 aromatic carbocycles. The summed E-state index contributed by atoms with van der Waals surface area (Å²) in [5.74, 6) is 0.879. The second-order valence-corrected chi connectivity index (χ2v) is 4.07. The average molecular weight is 270 g/mol. The number of aliphatic hydroxyl groups excluding tert-OH is 1. The van der Waals surface area contributed by atoms with Crippen LogP contribution in [0.25, 0.3) is 0 Å². The summed E-state index contributed by atoms with van der Waals surface area (Å²) in [6.07, 6.45) is 6.17. The molecule has 0 rings (SSSR count). The number of alkyl halides is 1. The third-order valence-corrected chi connectivity index (χ3v) is 3.37. The first-order valence-electron chi connectivity index (χ1n) is 4.48. The Morgan fingerprint density at radius 2 is 1.82 bits per heavy atom. The molecule has 0 aromatic heterocycles. The molecular weight excluding hydrogens is 251 g/mol. The summed E-state index contributed by atoms with van der Waals surface area (Å²) in [6, 6.07) is 0. The molecule has 0 aliphatic carbocycles. The molecule has 0 amide bonds. The molecule has 11 heavy (non-hydrogen) atoms. The predicted molar refractivity (Wildman–Crippen MR) is 58.2 cm³/mol. The molecule has 1 nitrogen and oxygen atoms in total. The van der Waals surface area contributed by atoms with Crippen molar-refractivity contribution in [2.75, 3.05) is 11.0 Å². The molecule has 0 saturated heterocycles. The molecule has 0 heterocycles. The molecule has 0 aliphatic rings. The smallest absolute Gasteiger partial charge is 0.0431 e. The summed E-state index contributed by atoms with van der Waals surface area (Å²) in [5.41, 5.74) is 0. The van der Waals surface area contributed by atoms with Crippen molar-refractivity contribution in [3.8, 4) is 0 Å². The van der Waals surface area contributed by atoms with E-state index in [0.29, 0.717) is 6.61 Å². The highest BCUT2D eigenvalue weighted by molar-refractivity contribution is 14.1. The Balaban J connectivity index is 2.89. The Morgan fingerprint density at radius 3 is 2.36 bits per heavy atom. The highest BCUT2D eigenvalue weighted by Gasteiger charge is 1.98. The molecule has 0 saturated carbocycles. The highest BCUT2D eigenvalue weighted by Crippen LogP contribution is 2.12. The van der Waals surface area contributed by atoms with Crippen LogP contribution in [-0.4, -0.2) is 16.1 Å². The Morgan fingerprint density at radius 1 is 1.18 bits per heavy atom. The van der Waals surface area contributed by atoms with Crippen molar-refractivity contribution in [3.05, 3.63) is 0 Å². The topological polar surface area (TPSA) is 20.2 Å². The molecule has 0 unspecified atom stereocenters. The Bertz CT molecular complexity index is 76.0. The van der Waals surface area contributed by atoms with Gasteiger partial charge in [-0.3, -0.25) is 0 Å². The van der Waals surface area contributed by atoms with Crippen LogP contribution >= 0.6 is 22.6 Å². The normalized spacial score (nSPS) is 13.4. The Labute approximate surface area is 83.7 Å². The van der Waals surface area contributed by atoms with E-state index >= 15 is 0 Å². The fourth-order valence-corrected chi connectivity index (χ4v) is 1.48. The van der Waals surface area contributed by atoms with Gasteiger partial charge in [-0.05, 0) is 18.8 Å². The molecule has 0 aliphatic heterocycles. The van der Waals surface area contributed by atoms with E-state index in [-0.39, 0.29) is 0 Å². The Kier molecular flexibility index (Phi) is 9.33. The molecule has 2 heteroatoms. The largest absolute Gasteiger partial charge is 0.396 e. The first kappa shape index (κ1) is 11.7. The minimum Gasteiger partial charge on any atom is -0.396 e. The minimum atomic E-state index is 0.363. The van der Waals surface area contributed by atoms with Crippen LogP contribution in [0.2, 0.25) is 0 Å². The lowest BCUT2D eigenvalue weighted by Crippen LogP contribution is -1.95. The van der Waals surface area contributed by atoms with Gasteiger partial charge in [0.05, 0.1) is 0 Å². The molecule has 0 radical (unpaired) electrons. The van der Waals surface area contributed by atoms with Gasteiger partial charge in [-0.1, -0.05) is 48.8 Å². The van der Waals surface area contributed by atoms with Crippen LogP contribution < -0.4 is 0 Å². The van der Waals surface area contributed by atoms with Gasteiger partial charge in [0.2, 0.25) is 0 Å². The second kappa shape index (κ2) is 8.78. The van der Waals surface area contributed by atoms with Crippen molar-refractivity contribution in [2.45, 2.75) is 39.0 Å². The molecule has 68 valence electrons. The number of unbranched alkanes of at least 4 members (excludes halogenated alkanes) is 3. The first-order valence-corrected chi connectivity index (χ1v) is 6.00. The lowest BCUT2D eigenvalue weighted by Gasteiger charge is -2.05. The van der Waals surface area contributed by atoms with Gasteiger partial charge >= 0.3 is 0 Å². The van der Waals surface area contributed by atoms with Crippen LogP contribution in [0.5, 0.6) is 0 Å². The van der Waals surface area contributed by atoms with E-state index in [4.69, 9.17) is 5.11 Å². The number of hydrogen-bond acceptors (Lipinski definition) is 1. The van der Waals surface area contributed by atoms with E-state index < -0.39 is 0 Å². The number of aliphatic hydroxyl groups is 1. The van der Waals surface area contributed by atoms with Crippen molar-refractivity contribution < 1.29 is 5.11 Å². The fourth-order valence-electron chi connectivity index (χ4n) is 1.04. The van der Waals surface area contributed by atoms with Gasteiger partial charge < -0.3 is 5.11 Å². The summed E-state index contributed by atoms with van der Waals surface area (Å²) < 4.78 is 1.28. The summed E-state index contributed by atoms with van der Waals surface area (Å²) >= 11 is 2.44. The zero-order valence-corrected chi connectivity index (χ0v) is 9.51. The SMILES string of the molecule is C[C@H](CI)CCCCCCO. The maximum Gasteiger partial charge on any atom is 0.0431 e. The van der Waals surface area contributed by atoms with E-state index in [9.17, 15) is 0 Å². The summed E-state index contributed by atoms with van der Waals surface area (Å²) in [6.45, 7) is 2.67. The number of hydrogen-bond donors (Lipinski definition) is 1. The van der Waals surface area contributed by atoms with Crippen molar-refractivity contribution >= 4 is 22.6 Å². The minimum absolute atomic E-state index is 0.363. The highest BCUT2D eigenvalue weighted by atomic mass is 127. The van der Waals surface area contributed by atoms with Crippen LogP contribution in [0.3, 0.4) is 0 Å². The van der Waals surface area contributed by atoms with Crippen LogP contribution in [0.1, 0.15) is 39.0 Å². The molecular formula is C9H19IO. The molecule has 0 bridgehead atoms. The zero-order chi connectivity index (χ0) is 8.53. The van der Waals surface area contributed by atoms with Crippen molar-refractivity contribution in [1.82, 2.24) is 0 Å². The van der Waals surface area contributed by atoms with Crippen LogP contribution in [0.4, 0.5) is 0 Å². The lowest BCUT2D eigenvalue weighted by atomic mass is 10.0. The third-order valence-electron chi connectivity index (χ3n) is 1.87. The molecule has 1 atom stereocenters.